The third-order valence-electron chi connectivity index (χ3n) is 2.88. The zero-order valence-corrected chi connectivity index (χ0v) is 12.1. The van der Waals surface area contributed by atoms with Crippen LogP contribution in [0.1, 0.15) is 27.9 Å². The molecule has 0 bridgehead atoms. The summed E-state index contributed by atoms with van der Waals surface area (Å²) in [6, 6.07) is 5.71. The van der Waals surface area contributed by atoms with E-state index in [-0.39, 0.29) is 5.78 Å². The Labute approximate surface area is 115 Å². The highest BCUT2D eigenvalue weighted by Gasteiger charge is 2.08. The molecule has 0 fully saturated rings. The van der Waals surface area contributed by atoms with Gasteiger partial charge in [-0.2, -0.15) is 5.10 Å². The molecule has 0 aliphatic rings. The minimum Gasteiger partial charge on any atom is -0.294 e. The molecule has 2 rings (SSSR count). The van der Waals surface area contributed by atoms with Crippen molar-refractivity contribution in [3.8, 4) is 0 Å². The number of hydrogen-bond donors (Lipinski definition) is 0. The highest BCUT2D eigenvalue weighted by molar-refractivity contribution is 9.10. The third kappa shape index (κ3) is 3.07. The van der Waals surface area contributed by atoms with Crippen LogP contribution in [-0.4, -0.2) is 15.6 Å². The van der Waals surface area contributed by atoms with Gasteiger partial charge in [-0.3, -0.25) is 9.48 Å². The average molecular weight is 307 g/mol. The van der Waals surface area contributed by atoms with Crippen LogP contribution in [0.15, 0.2) is 35.1 Å². The van der Waals surface area contributed by atoms with Gasteiger partial charge in [0, 0.05) is 29.7 Å². The molecule has 0 saturated carbocycles. The molecule has 0 unspecified atom stereocenters. The molecule has 94 valence electrons. The standard InChI is InChI=1S/C14H15BrN2O/c1-10-7-12(4-5-13(10)15)14(18)6-3-11-8-16-17(2)9-11/h4-5,7-9H,3,6H2,1-2H3. The third-order valence-corrected chi connectivity index (χ3v) is 3.77. The first-order valence-electron chi connectivity index (χ1n) is 5.83. The van der Waals surface area contributed by atoms with Crippen LogP contribution in [0.4, 0.5) is 0 Å². The normalized spacial score (nSPS) is 10.6. The monoisotopic (exact) mass is 306 g/mol. The Balaban J connectivity index is 2.01. The number of halogens is 1. The first-order valence-corrected chi connectivity index (χ1v) is 6.62. The fourth-order valence-corrected chi connectivity index (χ4v) is 2.07. The molecule has 1 aromatic heterocycles. The van der Waals surface area contributed by atoms with Crippen molar-refractivity contribution in [2.45, 2.75) is 19.8 Å². The van der Waals surface area contributed by atoms with Crippen LogP contribution in [0.2, 0.25) is 0 Å². The minimum absolute atomic E-state index is 0.175. The van der Waals surface area contributed by atoms with Crippen LogP contribution in [0.25, 0.3) is 0 Å². The molecular weight excluding hydrogens is 292 g/mol. The number of benzene rings is 1. The molecule has 18 heavy (non-hydrogen) atoms. The van der Waals surface area contributed by atoms with Gasteiger partial charge in [-0.05, 0) is 36.6 Å². The van der Waals surface area contributed by atoms with Gasteiger partial charge >= 0.3 is 0 Å². The lowest BCUT2D eigenvalue weighted by atomic mass is 10.0. The molecule has 0 aliphatic carbocycles. The van der Waals surface area contributed by atoms with Crippen LogP contribution in [-0.2, 0) is 13.5 Å². The van der Waals surface area contributed by atoms with E-state index in [1.807, 2.05) is 38.4 Å². The van der Waals surface area contributed by atoms with Gasteiger partial charge in [0.1, 0.15) is 0 Å². The zero-order chi connectivity index (χ0) is 13.1. The fourth-order valence-electron chi connectivity index (χ4n) is 1.82. The SMILES string of the molecule is Cc1cc(C(=O)CCc2cnn(C)c2)ccc1Br. The number of aromatic nitrogens is 2. The number of rotatable bonds is 4. The molecule has 0 saturated heterocycles. The van der Waals surface area contributed by atoms with Gasteiger partial charge in [0.2, 0.25) is 0 Å². The predicted molar refractivity (Wildman–Crippen MR) is 74.7 cm³/mol. The maximum absolute atomic E-state index is 12.0. The van der Waals surface area contributed by atoms with E-state index in [4.69, 9.17) is 0 Å². The number of carbonyl (C=O) groups is 1. The Bertz CT molecular complexity index is 575. The number of nitrogens with zero attached hydrogens (tertiary/aromatic N) is 2. The summed E-state index contributed by atoms with van der Waals surface area (Å²) in [4.78, 5) is 12.0. The van der Waals surface area contributed by atoms with Crippen molar-refractivity contribution >= 4 is 21.7 Å². The number of carbonyl (C=O) groups excluding carboxylic acids is 1. The van der Waals surface area contributed by atoms with Gasteiger partial charge in [-0.25, -0.2) is 0 Å². The molecule has 4 heteroatoms. The molecule has 0 amide bonds. The highest BCUT2D eigenvalue weighted by atomic mass is 79.9. The molecule has 1 aromatic carbocycles. The molecule has 0 N–H and O–H groups in total. The highest BCUT2D eigenvalue weighted by Crippen LogP contribution is 2.18. The van der Waals surface area contributed by atoms with Crippen molar-refractivity contribution in [2.24, 2.45) is 7.05 Å². The van der Waals surface area contributed by atoms with E-state index in [2.05, 4.69) is 21.0 Å². The summed E-state index contributed by atoms with van der Waals surface area (Å²) in [6.07, 6.45) is 5.01. The molecule has 0 spiro atoms. The van der Waals surface area contributed by atoms with Crippen molar-refractivity contribution in [1.29, 1.82) is 0 Å². The zero-order valence-electron chi connectivity index (χ0n) is 10.5. The Kier molecular flexibility index (Phi) is 3.97. The Morgan fingerprint density at radius 1 is 1.44 bits per heavy atom. The van der Waals surface area contributed by atoms with E-state index >= 15 is 0 Å². The Morgan fingerprint density at radius 3 is 2.83 bits per heavy atom. The second-order valence-corrected chi connectivity index (χ2v) is 5.26. The van der Waals surface area contributed by atoms with Gasteiger partial charge in [-0.15, -0.1) is 0 Å². The quantitative estimate of drug-likeness (QED) is 0.812. The van der Waals surface area contributed by atoms with E-state index in [9.17, 15) is 4.79 Å². The van der Waals surface area contributed by atoms with Crippen LogP contribution >= 0.6 is 15.9 Å². The van der Waals surface area contributed by atoms with Gasteiger partial charge < -0.3 is 0 Å². The molecule has 0 atom stereocenters. The van der Waals surface area contributed by atoms with Crippen LogP contribution < -0.4 is 0 Å². The summed E-state index contributed by atoms with van der Waals surface area (Å²) in [7, 11) is 1.88. The summed E-state index contributed by atoms with van der Waals surface area (Å²) in [6.45, 7) is 1.99. The maximum Gasteiger partial charge on any atom is 0.163 e. The Hall–Kier alpha value is -1.42. The maximum atomic E-state index is 12.0. The fraction of sp³-hybridized carbons (Fsp3) is 0.286. The van der Waals surface area contributed by atoms with Crippen LogP contribution in [0.5, 0.6) is 0 Å². The smallest absolute Gasteiger partial charge is 0.163 e. The summed E-state index contributed by atoms with van der Waals surface area (Å²) in [5.41, 5.74) is 2.96. The summed E-state index contributed by atoms with van der Waals surface area (Å²) in [5.74, 6) is 0.175. The number of aryl methyl sites for hydroxylation is 3. The molecule has 0 aliphatic heterocycles. The molecular formula is C14H15BrN2O. The van der Waals surface area contributed by atoms with E-state index in [0.717, 1.165) is 27.6 Å². The Morgan fingerprint density at radius 2 is 2.22 bits per heavy atom. The minimum atomic E-state index is 0.175. The van der Waals surface area contributed by atoms with Crippen molar-refractivity contribution in [3.05, 3.63) is 51.8 Å². The summed E-state index contributed by atoms with van der Waals surface area (Å²) >= 11 is 3.43. The molecule has 1 heterocycles. The van der Waals surface area contributed by atoms with E-state index in [1.165, 1.54) is 0 Å². The lowest BCUT2D eigenvalue weighted by Gasteiger charge is -2.03. The number of Topliss-reactive ketones (excluding diaryl/α,β-unsaturated/α-hetero) is 1. The second-order valence-electron chi connectivity index (χ2n) is 4.41. The average Bonchev–Trinajstić information content (AvgIpc) is 2.75. The lowest BCUT2D eigenvalue weighted by Crippen LogP contribution is -2.01. The van der Waals surface area contributed by atoms with E-state index in [0.29, 0.717) is 6.42 Å². The first kappa shape index (κ1) is 13.0. The van der Waals surface area contributed by atoms with Crippen LogP contribution in [0, 0.1) is 6.92 Å². The van der Waals surface area contributed by atoms with Crippen molar-refractivity contribution < 1.29 is 4.79 Å². The van der Waals surface area contributed by atoms with Gasteiger partial charge in [0.05, 0.1) is 6.20 Å². The second kappa shape index (κ2) is 5.48. The topological polar surface area (TPSA) is 34.9 Å². The lowest BCUT2D eigenvalue weighted by molar-refractivity contribution is 0.0982. The molecule has 2 aromatic rings. The summed E-state index contributed by atoms with van der Waals surface area (Å²) in [5, 5.41) is 4.09. The van der Waals surface area contributed by atoms with Gasteiger partial charge in [0.25, 0.3) is 0 Å². The largest absolute Gasteiger partial charge is 0.294 e. The molecule has 3 nitrogen and oxygen atoms in total. The first-order chi connectivity index (χ1) is 8.56. The molecule has 0 radical (unpaired) electrons. The van der Waals surface area contributed by atoms with Gasteiger partial charge in [-0.1, -0.05) is 22.0 Å². The van der Waals surface area contributed by atoms with E-state index in [1.54, 1.807) is 10.9 Å². The number of hydrogen-bond acceptors (Lipinski definition) is 2. The predicted octanol–water partition coefficient (Wildman–Crippen LogP) is 3.31. The van der Waals surface area contributed by atoms with Crippen molar-refractivity contribution in [1.82, 2.24) is 9.78 Å². The van der Waals surface area contributed by atoms with Crippen molar-refractivity contribution in [2.75, 3.05) is 0 Å². The van der Waals surface area contributed by atoms with Gasteiger partial charge in [0.15, 0.2) is 5.78 Å². The van der Waals surface area contributed by atoms with Crippen LogP contribution in [0.3, 0.4) is 0 Å². The number of ketones is 1. The van der Waals surface area contributed by atoms with E-state index < -0.39 is 0 Å². The summed E-state index contributed by atoms with van der Waals surface area (Å²) < 4.78 is 2.79. The van der Waals surface area contributed by atoms with Crippen molar-refractivity contribution in [3.63, 3.8) is 0 Å².